The van der Waals surface area contributed by atoms with Crippen LogP contribution < -0.4 is 5.32 Å². The van der Waals surface area contributed by atoms with Gasteiger partial charge in [-0.25, -0.2) is 4.98 Å². The van der Waals surface area contributed by atoms with Crippen LogP contribution in [0.15, 0.2) is 39.7 Å². The number of halogens is 2. The number of hydrogen-bond donors (Lipinski definition) is 1. The lowest BCUT2D eigenvalue weighted by atomic mass is 10.2. The largest absolute Gasteiger partial charge is 0.472 e. The van der Waals surface area contributed by atoms with Crippen molar-refractivity contribution in [3.63, 3.8) is 0 Å². The Balaban J connectivity index is 2.07. The standard InChI is InChI=1S/C11H8BrClN2O2/c12-8-3-9(10(13)14-5-8)11(16)15-4-7-1-2-17-6-7/h1-3,5-6H,4H2,(H,15,16). The summed E-state index contributed by atoms with van der Waals surface area (Å²) in [7, 11) is 0. The lowest BCUT2D eigenvalue weighted by Crippen LogP contribution is -2.23. The first-order valence-electron chi connectivity index (χ1n) is 4.77. The molecule has 0 aliphatic heterocycles. The number of aromatic nitrogens is 1. The first-order chi connectivity index (χ1) is 8.16. The topological polar surface area (TPSA) is 55.1 Å². The van der Waals surface area contributed by atoms with E-state index < -0.39 is 0 Å². The van der Waals surface area contributed by atoms with Gasteiger partial charge in [0, 0.05) is 22.8 Å². The monoisotopic (exact) mass is 314 g/mol. The summed E-state index contributed by atoms with van der Waals surface area (Å²) < 4.78 is 5.60. The first kappa shape index (κ1) is 12.1. The van der Waals surface area contributed by atoms with Crippen molar-refractivity contribution in [3.8, 4) is 0 Å². The molecule has 0 bridgehead atoms. The SMILES string of the molecule is O=C(NCc1ccoc1)c1cc(Br)cnc1Cl. The van der Waals surface area contributed by atoms with Crippen LogP contribution in [-0.4, -0.2) is 10.9 Å². The predicted octanol–water partition coefficient (Wildman–Crippen LogP) is 3.02. The molecule has 2 heterocycles. The third-order valence-corrected chi connectivity index (χ3v) is 2.82. The number of pyridine rings is 1. The van der Waals surface area contributed by atoms with E-state index in [-0.39, 0.29) is 11.1 Å². The Kier molecular flexibility index (Phi) is 3.81. The number of nitrogens with one attached hydrogen (secondary N) is 1. The van der Waals surface area contributed by atoms with Crippen molar-refractivity contribution in [1.29, 1.82) is 0 Å². The van der Waals surface area contributed by atoms with Crippen molar-refractivity contribution in [2.24, 2.45) is 0 Å². The third-order valence-electron chi connectivity index (χ3n) is 2.08. The molecule has 1 amide bonds. The molecule has 0 radical (unpaired) electrons. The highest BCUT2D eigenvalue weighted by Crippen LogP contribution is 2.17. The van der Waals surface area contributed by atoms with Gasteiger partial charge in [0.05, 0.1) is 18.1 Å². The van der Waals surface area contributed by atoms with Crippen molar-refractivity contribution in [1.82, 2.24) is 10.3 Å². The van der Waals surface area contributed by atoms with Crippen LogP contribution in [0.5, 0.6) is 0 Å². The summed E-state index contributed by atoms with van der Waals surface area (Å²) in [6.45, 7) is 0.387. The summed E-state index contributed by atoms with van der Waals surface area (Å²) in [5.41, 5.74) is 1.22. The number of nitrogens with zero attached hydrogens (tertiary/aromatic N) is 1. The van der Waals surface area contributed by atoms with Gasteiger partial charge >= 0.3 is 0 Å². The molecular weight excluding hydrogens is 307 g/mol. The molecule has 6 heteroatoms. The van der Waals surface area contributed by atoms with Gasteiger partial charge in [-0.1, -0.05) is 11.6 Å². The molecule has 2 aromatic heterocycles. The molecule has 0 saturated heterocycles. The van der Waals surface area contributed by atoms with Crippen LogP contribution in [0, 0.1) is 0 Å². The van der Waals surface area contributed by atoms with Crippen LogP contribution in [0.3, 0.4) is 0 Å². The minimum Gasteiger partial charge on any atom is -0.472 e. The molecule has 2 rings (SSSR count). The summed E-state index contributed by atoms with van der Waals surface area (Å²) in [5, 5.41) is 2.90. The van der Waals surface area contributed by atoms with Gasteiger partial charge in [0.2, 0.25) is 0 Å². The molecule has 0 unspecified atom stereocenters. The lowest BCUT2D eigenvalue weighted by Gasteiger charge is -2.05. The summed E-state index contributed by atoms with van der Waals surface area (Å²) in [6.07, 6.45) is 4.66. The maximum Gasteiger partial charge on any atom is 0.254 e. The smallest absolute Gasteiger partial charge is 0.254 e. The Morgan fingerprint density at radius 1 is 1.59 bits per heavy atom. The van der Waals surface area contributed by atoms with E-state index in [1.54, 1.807) is 24.7 Å². The second-order valence-electron chi connectivity index (χ2n) is 3.31. The number of hydrogen-bond acceptors (Lipinski definition) is 3. The zero-order chi connectivity index (χ0) is 12.3. The highest BCUT2D eigenvalue weighted by molar-refractivity contribution is 9.10. The van der Waals surface area contributed by atoms with Gasteiger partial charge in [0.15, 0.2) is 0 Å². The van der Waals surface area contributed by atoms with Crippen molar-refractivity contribution >= 4 is 33.4 Å². The van der Waals surface area contributed by atoms with Crippen LogP contribution in [-0.2, 0) is 6.54 Å². The van der Waals surface area contributed by atoms with Crippen molar-refractivity contribution < 1.29 is 9.21 Å². The maximum absolute atomic E-state index is 11.8. The quantitative estimate of drug-likeness (QED) is 0.886. The van der Waals surface area contributed by atoms with E-state index in [1.807, 2.05) is 0 Å². The molecule has 17 heavy (non-hydrogen) atoms. The molecule has 0 saturated carbocycles. The number of furan rings is 1. The van der Waals surface area contributed by atoms with Gasteiger partial charge in [-0.2, -0.15) is 0 Å². The lowest BCUT2D eigenvalue weighted by molar-refractivity contribution is 0.0950. The van der Waals surface area contributed by atoms with Gasteiger partial charge < -0.3 is 9.73 Å². The molecule has 0 aliphatic rings. The zero-order valence-corrected chi connectivity index (χ0v) is 11.0. The van der Waals surface area contributed by atoms with E-state index >= 15 is 0 Å². The van der Waals surface area contributed by atoms with Crippen LogP contribution in [0.2, 0.25) is 5.15 Å². The fraction of sp³-hybridized carbons (Fsp3) is 0.0909. The Morgan fingerprint density at radius 2 is 2.41 bits per heavy atom. The van der Waals surface area contributed by atoms with Crippen LogP contribution in [0.1, 0.15) is 15.9 Å². The van der Waals surface area contributed by atoms with Gasteiger partial charge in [-0.3, -0.25) is 4.79 Å². The van der Waals surface area contributed by atoms with Crippen LogP contribution >= 0.6 is 27.5 Å². The minimum atomic E-state index is -0.273. The maximum atomic E-state index is 11.8. The van der Waals surface area contributed by atoms with Crippen LogP contribution in [0.25, 0.3) is 0 Å². The molecule has 0 atom stereocenters. The Labute approximate surface area is 111 Å². The molecule has 0 spiro atoms. The summed E-state index contributed by atoms with van der Waals surface area (Å²) in [5.74, 6) is -0.273. The molecule has 0 fully saturated rings. The fourth-order valence-electron chi connectivity index (χ4n) is 1.25. The van der Waals surface area contributed by atoms with Crippen molar-refractivity contribution in [3.05, 3.63) is 51.6 Å². The highest BCUT2D eigenvalue weighted by atomic mass is 79.9. The van der Waals surface area contributed by atoms with E-state index in [2.05, 4.69) is 26.2 Å². The third kappa shape index (κ3) is 3.08. The average Bonchev–Trinajstić information content (AvgIpc) is 2.82. The average molecular weight is 316 g/mol. The molecular formula is C11H8BrClN2O2. The van der Waals surface area contributed by atoms with Crippen molar-refractivity contribution in [2.75, 3.05) is 0 Å². The van der Waals surface area contributed by atoms with Gasteiger partial charge in [-0.15, -0.1) is 0 Å². The van der Waals surface area contributed by atoms with E-state index in [1.165, 1.54) is 6.20 Å². The highest BCUT2D eigenvalue weighted by Gasteiger charge is 2.11. The number of amides is 1. The molecule has 0 aliphatic carbocycles. The van der Waals surface area contributed by atoms with E-state index in [4.69, 9.17) is 16.0 Å². The second-order valence-corrected chi connectivity index (χ2v) is 4.58. The van der Waals surface area contributed by atoms with Gasteiger partial charge in [0.25, 0.3) is 5.91 Å². The van der Waals surface area contributed by atoms with Crippen molar-refractivity contribution in [2.45, 2.75) is 6.54 Å². The van der Waals surface area contributed by atoms with Gasteiger partial charge in [0.1, 0.15) is 5.15 Å². The first-order valence-corrected chi connectivity index (χ1v) is 5.94. The molecule has 2 aromatic rings. The Morgan fingerprint density at radius 3 is 3.12 bits per heavy atom. The molecule has 4 nitrogen and oxygen atoms in total. The zero-order valence-electron chi connectivity index (χ0n) is 8.61. The Bertz CT molecular complexity index is 528. The van der Waals surface area contributed by atoms with Crippen LogP contribution in [0.4, 0.5) is 0 Å². The number of carbonyl (C=O) groups excluding carboxylic acids is 1. The fourth-order valence-corrected chi connectivity index (χ4v) is 1.77. The molecule has 1 N–H and O–H groups in total. The van der Waals surface area contributed by atoms with E-state index in [9.17, 15) is 4.79 Å². The second kappa shape index (κ2) is 5.33. The summed E-state index contributed by atoms with van der Waals surface area (Å²) in [6, 6.07) is 3.40. The summed E-state index contributed by atoms with van der Waals surface area (Å²) >= 11 is 9.08. The predicted molar refractivity (Wildman–Crippen MR) is 66.8 cm³/mol. The number of carbonyl (C=O) groups is 1. The summed E-state index contributed by atoms with van der Waals surface area (Å²) in [4.78, 5) is 15.7. The van der Waals surface area contributed by atoms with E-state index in [0.717, 1.165) is 5.56 Å². The molecule has 0 aromatic carbocycles. The Hall–Kier alpha value is -1.33. The molecule has 88 valence electrons. The minimum absolute atomic E-state index is 0.179. The number of rotatable bonds is 3. The normalized spacial score (nSPS) is 10.2. The van der Waals surface area contributed by atoms with Gasteiger partial charge in [-0.05, 0) is 28.1 Å². The van der Waals surface area contributed by atoms with E-state index in [0.29, 0.717) is 16.6 Å².